The summed E-state index contributed by atoms with van der Waals surface area (Å²) in [7, 11) is 0. The van der Waals surface area contributed by atoms with Crippen LogP contribution in [0.2, 0.25) is 0 Å². The third kappa shape index (κ3) is 2.66. The second-order valence-corrected chi connectivity index (χ2v) is 4.44. The fourth-order valence-corrected chi connectivity index (χ4v) is 1.99. The molecule has 0 aliphatic carbocycles. The minimum Gasteiger partial charge on any atom is -0.396 e. The van der Waals surface area contributed by atoms with Crippen molar-refractivity contribution in [2.24, 2.45) is 0 Å². The van der Waals surface area contributed by atoms with Gasteiger partial charge in [0.05, 0.1) is 0 Å². The van der Waals surface area contributed by atoms with Crippen LogP contribution in [0.15, 0.2) is 0 Å². The number of likely N-dealkylation sites (N-methyl/N-ethyl adjacent to an activating group) is 1. The molecule has 1 saturated heterocycles. The van der Waals surface area contributed by atoms with E-state index in [2.05, 4.69) is 31.0 Å². The van der Waals surface area contributed by atoms with Crippen molar-refractivity contribution in [1.29, 1.82) is 0 Å². The maximum atomic E-state index is 8.85. The molecule has 78 valence electrons. The van der Waals surface area contributed by atoms with Gasteiger partial charge in [-0.3, -0.25) is 4.90 Å². The summed E-state index contributed by atoms with van der Waals surface area (Å²) in [4.78, 5) is 2.48. The van der Waals surface area contributed by atoms with Crippen molar-refractivity contribution >= 4 is 0 Å². The van der Waals surface area contributed by atoms with E-state index in [9.17, 15) is 0 Å². The third-order valence-corrected chi connectivity index (χ3v) is 2.98. The Morgan fingerprint density at radius 1 is 1.54 bits per heavy atom. The summed E-state index contributed by atoms with van der Waals surface area (Å²) in [5.41, 5.74) is 0.265. The van der Waals surface area contributed by atoms with E-state index in [0.29, 0.717) is 6.04 Å². The molecule has 3 nitrogen and oxygen atoms in total. The topological polar surface area (TPSA) is 35.5 Å². The zero-order valence-corrected chi connectivity index (χ0v) is 9.01. The molecule has 0 aromatic carbocycles. The van der Waals surface area contributed by atoms with Gasteiger partial charge in [-0.1, -0.05) is 6.92 Å². The Balaban J connectivity index is 2.48. The Hall–Kier alpha value is -0.120. The molecule has 1 aliphatic rings. The highest BCUT2D eigenvalue weighted by Gasteiger charge is 2.32. The first-order chi connectivity index (χ1) is 6.10. The Labute approximate surface area is 81.1 Å². The molecular formula is C10H22N2O. The summed E-state index contributed by atoms with van der Waals surface area (Å²) in [6, 6.07) is 0.470. The molecule has 0 bridgehead atoms. The molecule has 0 spiro atoms. The van der Waals surface area contributed by atoms with Gasteiger partial charge in [-0.25, -0.2) is 0 Å². The second kappa shape index (κ2) is 4.40. The van der Waals surface area contributed by atoms with Crippen LogP contribution in [0.5, 0.6) is 0 Å². The summed E-state index contributed by atoms with van der Waals surface area (Å²) in [6.07, 6.45) is 0.868. The molecule has 3 heteroatoms. The minimum atomic E-state index is 0.265. The van der Waals surface area contributed by atoms with Crippen LogP contribution in [-0.2, 0) is 0 Å². The molecule has 0 aromatic heterocycles. The minimum absolute atomic E-state index is 0.265. The van der Waals surface area contributed by atoms with Gasteiger partial charge in [-0.05, 0) is 26.8 Å². The molecule has 0 radical (unpaired) electrons. The van der Waals surface area contributed by atoms with E-state index >= 15 is 0 Å². The van der Waals surface area contributed by atoms with Crippen molar-refractivity contribution in [2.45, 2.75) is 38.8 Å². The van der Waals surface area contributed by atoms with Crippen molar-refractivity contribution < 1.29 is 5.11 Å². The van der Waals surface area contributed by atoms with E-state index in [4.69, 9.17) is 5.11 Å². The van der Waals surface area contributed by atoms with Crippen LogP contribution in [0.25, 0.3) is 0 Å². The van der Waals surface area contributed by atoms with E-state index in [-0.39, 0.29) is 12.1 Å². The average molecular weight is 186 g/mol. The van der Waals surface area contributed by atoms with Crippen LogP contribution in [0.1, 0.15) is 27.2 Å². The lowest BCUT2D eigenvalue weighted by atomic mass is 9.96. The molecule has 2 N–H and O–H groups in total. The zero-order valence-electron chi connectivity index (χ0n) is 9.01. The van der Waals surface area contributed by atoms with E-state index in [1.807, 2.05) is 0 Å². The van der Waals surface area contributed by atoms with Gasteiger partial charge >= 0.3 is 0 Å². The van der Waals surface area contributed by atoms with Gasteiger partial charge in [0.2, 0.25) is 0 Å². The molecule has 0 aromatic rings. The highest BCUT2D eigenvalue weighted by atomic mass is 16.3. The van der Waals surface area contributed by atoms with E-state index < -0.39 is 0 Å². The van der Waals surface area contributed by atoms with Crippen LogP contribution in [-0.4, -0.2) is 47.8 Å². The quantitative estimate of drug-likeness (QED) is 0.671. The summed E-state index contributed by atoms with van der Waals surface area (Å²) < 4.78 is 0. The normalized spacial score (nSPS) is 29.1. The first kappa shape index (κ1) is 11.0. The lowest BCUT2D eigenvalue weighted by molar-refractivity contribution is 0.0645. The van der Waals surface area contributed by atoms with Crippen LogP contribution >= 0.6 is 0 Å². The van der Waals surface area contributed by atoms with Gasteiger partial charge in [0.1, 0.15) is 0 Å². The van der Waals surface area contributed by atoms with Gasteiger partial charge in [0, 0.05) is 31.3 Å². The maximum absolute atomic E-state index is 8.85. The Kier molecular flexibility index (Phi) is 3.71. The Bertz CT molecular complexity index is 159. The lowest BCUT2D eigenvalue weighted by Crippen LogP contribution is -2.61. The largest absolute Gasteiger partial charge is 0.396 e. The monoisotopic (exact) mass is 186 g/mol. The predicted molar refractivity (Wildman–Crippen MR) is 54.8 cm³/mol. The number of piperazine rings is 1. The summed E-state index contributed by atoms with van der Waals surface area (Å²) >= 11 is 0. The van der Waals surface area contributed by atoms with Gasteiger partial charge in [-0.2, -0.15) is 0 Å². The van der Waals surface area contributed by atoms with Gasteiger partial charge in [0.15, 0.2) is 0 Å². The number of hydrogen-bond donors (Lipinski definition) is 2. The van der Waals surface area contributed by atoms with Crippen molar-refractivity contribution in [2.75, 3.05) is 26.2 Å². The van der Waals surface area contributed by atoms with Crippen molar-refractivity contribution in [1.82, 2.24) is 10.2 Å². The smallest absolute Gasteiger partial charge is 0.0446 e. The predicted octanol–water partition coefficient (Wildman–Crippen LogP) is 0.441. The molecule has 0 saturated carbocycles. The third-order valence-electron chi connectivity index (χ3n) is 2.98. The van der Waals surface area contributed by atoms with Crippen LogP contribution < -0.4 is 5.32 Å². The van der Waals surface area contributed by atoms with Crippen molar-refractivity contribution in [3.05, 3.63) is 0 Å². The van der Waals surface area contributed by atoms with Crippen molar-refractivity contribution in [3.8, 4) is 0 Å². The number of rotatable bonds is 3. The van der Waals surface area contributed by atoms with E-state index in [1.165, 1.54) is 0 Å². The van der Waals surface area contributed by atoms with Gasteiger partial charge < -0.3 is 10.4 Å². The Morgan fingerprint density at radius 3 is 2.77 bits per heavy atom. The molecular weight excluding hydrogens is 164 g/mol. The van der Waals surface area contributed by atoms with Gasteiger partial charge in [0.25, 0.3) is 0 Å². The number of hydrogen-bond acceptors (Lipinski definition) is 3. The molecule has 1 unspecified atom stereocenters. The molecule has 1 heterocycles. The standard InChI is InChI=1S/C10H22N2O/c1-4-12-7-9(5-6-13)11-8-10(12,2)3/h9,11,13H,4-8H2,1-3H3. The molecule has 13 heavy (non-hydrogen) atoms. The summed E-state index contributed by atoms with van der Waals surface area (Å²) in [6.45, 7) is 10.2. The molecule has 0 amide bonds. The maximum Gasteiger partial charge on any atom is 0.0446 e. The number of aliphatic hydroxyl groups excluding tert-OH is 1. The van der Waals surface area contributed by atoms with E-state index in [0.717, 1.165) is 26.1 Å². The molecule has 1 aliphatic heterocycles. The van der Waals surface area contributed by atoms with Crippen LogP contribution in [0.4, 0.5) is 0 Å². The average Bonchev–Trinajstić information content (AvgIpc) is 2.08. The van der Waals surface area contributed by atoms with Gasteiger partial charge in [-0.15, -0.1) is 0 Å². The van der Waals surface area contributed by atoms with E-state index in [1.54, 1.807) is 0 Å². The fourth-order valence-electron chi connectivity index (χ4n) is 1.99. The first-order valence-electron chi connectivity index (χ1n) is 5.19. The van der Waals surface area contributed by atoms with Crippen LogP contribution in [0.3, 0.4) is 0 Å². The molecule has 1 fully saturated rings. The fraction of sp³-hybridized carbons (Fsp3) is 1.00. The van der Waals surface area contributed by atoms with Crippen LogP contribution in [0, 0.1) is 0 Å². The lowest BCUT2D eigenvalue weighted by Gasteiger charge is -2.45. The summed E-state index contributed by atoms with van der Waals surface area (Å²) in [5, 5.41) is 12.3. The molecule has 1 atom stereocenters. The first-order valence-corrected chi connectivity index (χ1v) is 5.19. The highest BCUT2D eigenvalue weighted by molar-refractivity contribution is 4.92. The molecule has 1 rings (SSSR count). The zero-order chi connectivity index (χ0) is 9.90. The van der Waals surface area contributed by atoms with Crippen molar-refractivity contribution in [3.63, 3.8) is 0 Å². The number of nitrogens with zero attached hydrogens (tertiary/aromatic N) is 1. The number of aliphatic hydroxyl groups is 1. The highest BCUT2D eigenvalue weighted by Crippen LogP contribution is 2.18. The SMILES string of the molecule is CCN1CC(CCO)NCC1(C)C. The second-order valence-electron chi connectivity index (χ2n) is 4.44. The summed E-state index contributed by atoms with van der Waals surface area (Å²) in [5.74, 6) is 0. The number of nitrogens with one attached hydrogen (secondary N) is 1. The Morgan fingerprint density at radius 2 is 2.23 bits per heavy atom.